The third kappa shape index (κ3) is 5.48. The number of ether oxygens (including phenoxy) is 2. The van der Waals surface area contributed by atoms with Gasteiger partial charge in [-0.05, 0) is 44.4 Å². The Morgan fingerprint density at radius 1 is 1.24 bits per heavy atom. The first kappa shape index (κ1) is 18.8. The van der Waals surface area contributed by atoms with E-state index in [1.165, 1.54) is 18.9 Å². The minimum absolute atomic E-state index is 0.0611. The van der Waals surface area contributed by atoms with Gasteiger partial charge in [0.05, 0.1) is 13.7 Å². The average Bonchev–Trinajstić information content (AvgIpc) is 3.40. The second-order valence-corrected chi connectivity index (χ2v) is 6.02. The van der Waals surface area contributed by atoms with Crippen LogP contribution in [0.1, 0.15) is 43.0 Å². The van der Waals surface area contributed by atoms with Crippen molar-refractivity contribution in [3.8, 4) is 11.5 Å². The SMILES string of the molecule is COc1cc(C(C)=O)ccc1OCCCC(=O)N(CC(=O)O)C1CC1. The molecule has 25 heavy (non-hydrogen) atoms. The first-order valence-electron chi connectivity index (χ1n) is 8.25. The van der Waals surface area contributed by atoms with Crippen molar-refractivity contribution in [2.45, 2.75) is 38.6 Å². The van der Waals surface area contributed by atoms with Gasteiger partial charge in [0.25, 0.3) is 0 Å². The lowest BCUT2D eigenvalue weighted by molar-refractivity contribution is -0.145. The number of aliphatic carboxylic acids is 1. The molecule has 1 amide bonds. The van der Waals surface area contributed by atoms with E-state index in [4.69, 9.17) is 14.6 Å². The van der Waals surface area contributed by atoms with Crippen LogP contribution in [0.2, 0.25) is 0 Å². The zero-order valence-corrected chi connectivity index (χ0v) is 14.5. The Morgan fingerprint density at radius 3 is 2.52 bits per heavy atom. The van der Waals surface area contributed by atoms with Gasteiger partial charge in [-0.3, -0.25) is 14.4 Å². The smallest absolute Gasteiger partial charge is 0.323 e. The molecular formula is C18H23NO6. The number of carboxylic acids is 1. The molecule has 1 N–H and O–H groups in total. The largest absolute Gasteiger partial charge is 0.493 e. The Balaban J connectivity index is 1.83. The van der Waals surface area contributed by atoms with Crippen molar-refractivity contribution in [3.63, 3.8) is 0 Å². The van der Waals surface area contributed by atoms with Crippen LogP contribution < -0.4 is 9.47 Å². The van der Waals surface area contributed by atoms with E-state index in [9.17, 15) is 14.4 Å². The van der Waals surface area contributed by atoms with E-state index in [1.54, 1.807) is 18.2 Å². The second kappa shape index (κ2) is 8.50. The molecule has 1 aliphatic rings. The van der Waals surface area contributed by atoms with E-state index >= 15 is 0 Å². The molecular weight excluding hydrogens is 326 g/mol. The lowest BCUT2D eigenvalue weighted by Gasteiger charge is -2.20. The summed E-state index contributed by atoms with van der Waals surface area (Å²) in [7, 11) is 1.50. The monoisotopic (exact) mass is 349 g/mol. The summed E-state index contributed by atoms with van der Waals surface area (Å²) in [6.07, 6.45) is 2.45. The molecule has 0 radical (unpaired) electrons. The van der Waals surface area contributed by atoms with Crippen LogP contribution in [-0.4, -0.2) is 54.0 Å². The molecule has 7 heteroatoms. The number of hydrogen-bond acceptors (Lipinski definition) is 5. The Morgan fingerprint density at radius 2 is 1.96 bits per heavy atom. The van der Waals surface area contributed by atoms with Gasteiger partial charge in [0.1, 0.15) is 6.54 Å². The highest BCUT2D eigenvalue weighted by Crippen LogP contribution is 2.29. The summed E-state index contributed by atoms with van der Waals surface area (Å²) >= 11 is 0. The van der Waals surface area contributed by atoms with Crippen molar-refractivity contribution in [1.82, 2.24) is 4.90 Å². The third-order valence-corrected chi connectivity index (χ3v) is 3.98. The van der Waals surface area contributed by atoms with Gasteiger partial charge >= 0.3 is 5.97 Å². The Hall–Kier alpha value is -2.57. The molecule has 0 spiro atoms. The summed E-state index contributed by atoms with van der Waals surface area (Å²) in [5.74, 6) is -0.248. The number of carbonyl (C=O) groups is 3. The van der Waals surface area contributed by atoms with E-state index in [0.29, 0.717) is 30.1 Å². The quantitative estimate of drug-likeness (QED) is 0.514. The highest BCUT2D eigenvalue weighted by molar-refractivity contribution is 5.94. The summed E-state index contributed by atoms with van der Waals surface area (Å²) in [6.45, 7) is 1.53. The number of Topliss-reactive ketones (excluding diaryl/α,β-unsaturated/α-hetero) is 1. The van der Waals surface area contributed by atoms with E-state index in [-0.39, 0.29) is 30.7 Å². The first-order valence-corrected chi connectivity index (χ1v) is 8.25. The van der Waals surface area contributed by atoms with Crippen molar-refractivity contribution in [1.29, 1.82) is 0 Å². The standard InChI is InChI=1S/C18H23NO6/c1-12(20)13-5-8-15(16(10-13)24-2)25-9-3-4-17(21)19(11-18(22)23)14-6-7-14/h5,8,10,14H,3-4,6-7,9,11H2,1-2H3,(H,22,23). The number of nitrogens with zero attached hydrogens (tertiary/aromatic N) is 1. The molecule has 2 rings (SSSR count). The molecule has 136 valence electrons. The first-order chi connectivity index (χ1) is 11.9. The van der Waals surface area contributed by atoms with Crippen LogP contribution in [0, 0.1) is 0 Å². The van der Waals surface area contributed by atoms with Crippen LogP contribution in [0.25, 0.3) is 0 Å². The predicted molar refractivity (Wildman–Crippen MR) is 90.1 cm³/mol. The van der Waals surface area contributed by atoms with E-state index in [0.717, 1.165) is 12.8 Å². The molecule has 1 aliphatic carbocycles. The summed E-state index contributed by atoms with van der Waals surface area (Å²) in [5, 5.41) is 8.89. The lowest BCUT2D eigenvalue weighted by Crippen LogP contribution is -2.37. The Labute approximate surface area is 146 Å². The van der Waals surface area contributed by atoms with Gasteiger partial charge in [-0.1, -0.05) is 0 Å². The third-order valence-electron chi connectivity index (χ3n) is 3.98. The van der Waals surface area contributed by atoms with Crippen molar-refractivity contribution >= 4 is 17.7 Å². The number of amides is 1. The fraction of sp³-hybridized carbons (Fsp3) is 0.500. The zero-order valence-electron chi connectivity index (χ0n) is 14.5. The number of methoxy groups -OCH3 is 1. The number of carboxylic acid groups (broad SMARTS) is 1. The van der Waals surface area contributed by atoms with Gasteiger partial charge in [0.15, 0.2) is 17.3 Å². The molecule has 0 bridgehead atoms. The molecule has 7 nitrogen and oxygen atoms in total. The van der Waals surface area contributed by atoms with Gasteiger partial charge in [0, 0.05) is 18.0 Å². The highest BCUT2D eigenvalue weighted by atomic mass is 16.5. The minimum Gasteiger partial charge on any atom is -0.493 e. The maximum atomic E-state index is 12.2. The average molecular weight is 349 g/mol. The predicted octanol–water partition coefficient (Wildman–Crippen LogP) is 2.13. The lowest BCUT2D eigenvalue weighted by atomic mass is 10.1. The fourth-order valence-corrected chi connectivity index (χ4v) is 2.51. The number of ketones is 1. The van der Waals surface area contributed by atoms with E-state index < -0.39 is 5.97 Å². The van der Waals surface area contributed by atoms with Crippen molar-refractivity contribution in [2.24, 2.45) is 0 Å². The summed E-state index contributed by atoms with van der Waals surface area (Å²) in [6, 6.07) is 5.01. The molecule has 1 aromatic carbocycles. The van der Waals surface area contributed by atoms with Crippen LogP contribution in [0.5, 0.6) is 11.5 Å². The molecule has 0 aliphatic heterocycles. The van der Waals surface area contributed by atoms with E-state index in [2.05, 4.69) is 0 Å². The van der Waals surface area contributed by atoms with Gasteiger partial charge in [-0.2, -0.15) is 0 Å². The molecule has 0 atom stereocenters. The number of rotatable bonds is 10. The molecule has 0 heterocycles. The number of benzene rings is 1. The second-order valence-electron chi connectivity index (χ2n) is 6.02. The van der Waals surface area contributed by atoms with Gasteiger partial charge in [-0.15, -0.1) is 0 Å². The highest BCUT2D eigenvalue weighted by Gasteiger charge is 2.33. The van der Waals surface area contributed by atoms with Gasteiger partial charge in [0.2, 0.25) is 5.91 Å². The maximum Gasteiger partial charge on any atom is 0.323 e. The summed E-state index contributed by atoms with van der Waals surface area (Å²) < 4.78 is 10.8. The van der Waals surface area contributed by atoms with Crippen LogP contribution in [-0.2, 0) is 9.59 Å². The van der Waals surface area contributed by atoms with Crippen LogP contribution in [0.15, 0.2) is 18.2 Å². The maximum absolute atomic E-state index is 12.2. The van der Waals surface area contributed by atoms with Crippen molar-refractivity contribution in [3.05, 3.63) is 23.8 Å². The van der Waals surface area contributed by atoms with Crippen molar-refractivity contribution < 1.29 is 29.0 Å². The zero-order chi connectivity index (χ0) is 18.4. The Bertz CT molecular complexity index is 653. The molecule has 0 aromatic heterocycles. The molecule has 1 aromatic rings. The Kier molecular flexibility index (Phi) is 6.38. The van der Waals surface area contributed by atoms with Crippen LogP contribution in [0.4, 0.5) is 0 Å². The summed E-state index contributed by atoms with van der Waals surface area (Å²) in [5.41, 5.74) is 0.535. The molecule has 1 saturated carbocycles. The van der Waals surface area contributed by atoms with Crippen LogP contribution in [0.3, 0.4) is 0 Å². The minimum atomic E-state index is -0.994. The topological polar surface area (TPSA) is 93.1 Å². The number of hydrogen-bond donors (Lipinski definition) is 1. The van der Waals surface area contributed by atoms with Gasteiger partial charge in [-0.25, -0.2) is 0 Å². The van der Waals surface area contributed by atoms with Gasteiger partial charge < -0.3 is 19.5 Å². The molecule has 0 saturated heterocycles. The van der Waals surface area contributed by atoms with Crippen LogP contribution >= 0.6 is 0 Å². The summed E-state index contributed by atoms with van der Waals surface area (Å²) in [4.78, 5) is 35.8. The number of carbonyl (C=O) groups excluding carboxylic acids is 2. The van der Waals surface area contributed by atoms with E-state index in [1.807, 2.05) is 0 Å². The molecule has 0 unspecified atom stereocenters. The van der Waals surface area contributed by atoms with Crippen molar-refractivity contribution in [2.75, 3.05) is 20.3 Å². The molecule has 1 fully saturated rings. The normalized spacial score (nSPS) is 13.2. The fourth-order valence-electron chi connectivity index (χ4n) is 2.51.